The second-order valence-electron chi connectivity index (χ2n) is 10.2. The molecule has 0 bridgehead atoms. The van der Waals surface area contributed by atoms with E-state index in [0.717, 1.165) is 67.7 Å². The number of hydrogen-bond donors (Lipinski definition) is 1. The minimum Gasteiger partial charge on any atom is -0.496 e. The zero-order chi connectivity index (χ0) is 28.9. The fraction of sp³-hybridized carbons (Fsp3) is 0.0769. The summed E-state index contributed by atoms with van der Waals surface area (Å²) in [5.74, 6) is 0.826. The van der Waals surface area contributed by atoms with Crippen molar-refractivity contribution in [1.29, 1.82) is 0 Å². The van der Waals surface area contributed by atoms with Gasteiger partial charge in [0, 0.05) is 33.3 Å². The molecule has 5 aromatic carbocycles. The van der Waals surface area contributed by atoms with Gasteiger partial charge in [-0.15, -0.1) is 0 Å². The van der Waals surface area contributed by atoms with Crippen LogP contribution in [0.3, 0.4) is 0 Å². The van der Waals surface area contributed by atoms with Gasteiger partial charge < -0.3 is 14.5 Å². The number of nitrogens with one attached hydrogen (secondary N) is 1. The van der Waals surface area contributed by atoms with E-state index in [1.54, 1.807) is 7.11 Å². The molecule has 0 aliphatic carbocycles. The summed E-state index contributed by atoms with van der Waals surface area (Å²) in [5.41, 5.74) is 10.4. The van der Waals surface area contributed by atoms with Crippen LogP contribution in [0.4, 0.5) is 11.4 Å². The number of anilines is 2. The van der Waals surface area contributed by atoms with E-state index >= 15 is 0 Å². The van der Waals surface area contributed by atoms with Crippen LogP contribution in [-0.2, 0) is 0 Å². The van der Waals surface area contributed by atoms with Gasteiger partial charge in [0.25, 0.3) is 0 Å². The lowest BCUT2D eigenvalue weighted by atomic mass is 10.0. The molecular weight excluding hydrogens is 514 g/mol. The molecule has 0 radical (unpaired) electrons. The van der Waals surface area contributed by atoms with Crippen LogP contribution in [0.25, 0.3) is 44.2 Å². The quantitative estimate of drug-likeness (QED) is 0.183. The summed E-state index contributed by atoms with van der Waals surface area (Å²) >= 11 is 0. The second kappa shape index (κ2) is 12.1. The Hall–Kier alpha value is -5.28. The zero-order valence-corrected chi connectivity index (χ0v) is 23.9. The molecule has 0 atom stereocenters. The molecule has 0 amide bonds. The number of fused-ring (bicyclic) bond motifs is 3. The molecule has 206 valence electrons. The van der Waals surface area contributed by atoms with Gasteiger partial charge >= 0.3 is 0 Å². The molecule has 0 unspecified atom stereocenters. The van der Waals surface area contributed by atoms with Crippen LogP contribution in [0.1, 0.15) is 24.5 Å². The third kappa shape index (κ3) is 5.50. The Balaban J connectivity index is 1.19. The predicted molar refractivity (Wildman–Crippen MR) is 178 cm³/mol. The maximum Gasteiger partial charge on any atom is 0.143 e. The van der Waals surface area contributed by atoms with Crippen LogP contribution in [-0.4, -0.2) is 7.11 Å². The lowest BCUT2D eigenvalue weighted by Crippen LogP contribution is -1.92. The average molecular weight is 548 g/mol. The van der Waals surface area contributed by atoms with E-state index in [-0.39, 0.29) is 0 Å². The van der Waals surface area contributed by atoms with E-state index in [9.17, 15) is 0 Å². The summed E-state index contributed by atoms with van der Waals surface area (Å²) in [4.78, 5) is 0. The normalized spacial score (nSPS) is 11.8. The summed E-state index contributed by atoms with van der Waals surface area (Å²) in [7, 11) is 1.68. The smallest absolute Gasteiger partial charge is 0.143 e. The van der Waals surface area contributed by atoms with Crippen molar-refractivity contribution in [2.75, 3.05) is 12.4 Å². The Kier molecular flexibility index (Phi) is 7.74. The van der Waals surface area contributed by atoms with E-state index in [1.165, 1.54) is 11.1 Å². The minimum atomic E-state index is 0.826. The first kappa shape index (κ1) is 26.9. The van der Waals surface area contributed by atoms with E-state index in [4.69, 9.17) is 9.15 Å². The first-order valence-electron chi connectivity index (χ1n) is 14.2. The Labute approximate surface area is 247 Å². The molecule has 0 saturated heterocycles. The van der Waals surface area contributed by atoms with Gasteiger partial charge in [-0.1, -0.05) is 111 Å². The molecule has 6 aromatic rings. The third-order valence-corrected chi connectivity index (χ3v) is 7.55. The molecule has 42 heavy (non-hydrogen) atoms. The van der Waals surface area contributed by atoms with Crippen molar-refractivity contribution in [2.45, 2.75) is 13.3 Å². The van der Waals surface area contributed by atoms with Crippen LogP contribution in [0.5, 0.6) is 5.75 Å². The molecule has 1 aromatic heterocycles. The Morgan fingerprint density at radius 3 is 2.40 bits per heavy atom. The number of rotatable bonds is 9. The van der Waals surface area contributed by atoms with Gasteiger partial charge in [-0.3, -0.25) is 0 Å². The number of ether oxygens (including phenoxy) is 1. The Morgan fingerprint density at radius 2 is 1.57 bits per heavy atom. The molecule has 1 heterocycles. The van der Waals surface area contributed by atoms with Gasteiger partial charge in [0.15, 0.2) is 0 Å². The first-order chi connectivity index (χ1) is 20.6. The van der Waals surface area contributed by atoms with Crippen LogP contribution in [0.15, 0.2) is 144 Å². The maximum absolute atomic E-state index is 6.28. The van der Waals surface area contributed by atoms with E-state index in [1.807, 2.05) is 42.5 Å². The largest absolute Gasteiger partial charge is 0.496 e. The standard InChI is InChI=1S/C39H33NO2/c1-4-28(13-9-12-27(2)33-16-5-7-20-37(33)41-3)29-22-24-31(25-23-29)40-32-15-10-14-30(26-32)34-18-11-19-36-35-17-6-8-21-38(35)42-39(34)36/h5-26,40H,2,4H2,1,3H3/b12-9-,28-13+. The minimum absolute atomic E-state index is 0.826. The van der Waals surface area contributed by atoms with Gasteiger partial charge in [-0.05, 0) is 65.1 Å². The monoisotopic (exact) mass is 547 g/mol. The summed E-state index contributed by atoms with van der Waals surface area (Å²) < 4.78 is 11.8. The van der Waals surface area contributed by atoms with Crippen molar-refractivity contribution in [3.63, 3.8) is 0 Å². The topological polar surface area (TPSA) is 34.4 Å². The van der Waals surface area contributed by atoms with Crippen molar-refractivity contribution in [2.24, 2.45) is 0 Å². The highest BCUT2D eigenvalue weighted by Gasteiger charge is 2.12. The first-order valence-corrected chi connectivity index (χ1v) is 14.2. The van der Waals surface area contributed by atoms with Crippen molar-refractivity contribution < 1.29 is 9.15 Å². The van der Waals surface area contributed by atoms with E-state index < -0.39 is 0 Å². The highest BCUT2D eigenvalue weighted by atomic mass is 16.5. The van der Waals surface area contributed by atoms with Crippen LogP contribution < -0.4 is 10.1 Å². The summed E-state index contributed by atoms with van der Waals surface area (Å²) in [6.07, 6.45) is 7.18. The molecule has 0 aliphatic heterocycles. The third-order valence-electron chi connectivity index (χ3n) is 7.55. The molecule has 3 heteroatoms. The van der Waals surface area contributed by atoms with Crippen molar-refractivity contribution >= 4 is 44.5 Å². The molecule has 6 rings (SSSR count). The van der Waals surface area contributed by atoms with Gasteiger partial charge in [0.2, 0.25) is 0 Å². The number of furan rings is 1. The number of allylic oxidation sites excluding steroid dienone is 5. The highest BCUT2D eigenvalue weighted by Crippen LogP contribution is 2.36. The van der Waals surface area contributed by atoms with Gasteiger partial charge in [0.05, 0.1) is 7.11 Å². The number of methoxy groups -OCH3 is 1. The van der Waals surface area contributed by atoms with Crippen molar-refractivity contribution in [3.8, 4) is 16.9 Å². The predicted octanol–water partition coefficient (Wildman–Crippen LogP) is 11.1. The fourth-order valence-corrected chi connectivity index (χ4v) is 5.37. The van der Waals surface area contributed by atoms with Crippen molar-refractivity contribution in [3.05, 3.63) is 151 Å². The molecule has 3 nitrogen and oxygen atoms in total. The molecule has 0 fully saturated rings. The maximum atomic E-state index is 6.28. The molecule has 0 saturated carbocycles. The number of hydrogen-bond acceptors (Lipinski definition) is 3. The lowest BCUT2D eigenvalue weighted by Gasteiger charge is -2.11. The van der Waals surface area contributed by atoms with Crippen LogP contribution in [0.2, 0.25) is 0 Å². The Bertz CT molecular complexity index is 1940. The van der Waals surface area contributed by atoms with Crippen molar-refractivity contribution in [1.82, 2.24) is 0 Å². The zero-order valence-electron chi connectivity index (χ0n) is 23.9. The van der Waals surface area contributed by atoms with Crippen LogP contribution in [0, 0.1) is 0 Å². The number of benzene rings is 5. The second-order valence-corrected chi connectivity index (χ2v) is 10.2. The Morgan fingerprint density at radius 1 is 0.810 bits per heavy atom. The fourth-order valence-electron chi connectivity index (χ4n) is 5.37. The SMILES string of the molecule is C=C(/C=C\C=C(/CC)c1ccc(Nc2cccc(-c3cccc4c3oc3ccccc34)c2)cc1)c1ccccc1OC. The van der Waals surface area contributed by atoms with Gasteiger partial charge in [-0.2, -0.15) is 0 Å². The summed E-state index contributed by atoms with van der Waals surface area (Å²) in [6, 6.07) is 39.5. The summed E-state index contributed by atoms with van der Waals surface area (Å²) in [6.45, 7) is 6.40. The lowest BCUT2D eigenvalue weighted by molar-refractivity contribution is 0.413. The molecular formula is C39H33NO2. The van der Waals surface area contributed by atoms with Gasteiger partial charge in [-0.25, -0.2) is 0 Å². The molecule has 0 aliphatic rings. The average Bonchev–Trinajstić information content (AvgIpc) is 3.42. The molecule has 0 spiro atoms. The van der Waals surface area contributed by atoms with E-state index in [0.29, 0.717) is 0 Å². The highest BCUT2D eigenvalue weighted by molar-refractivity contribution is 6.09. The number of para-hydroxylation sites is 3. The summed E-state index contributed by atoms with van der Waals surface area (Å²) in [5, 5.41) is 5.85. The molecule has 1 N–H and O–H groups in total. The van der Waals surface area contributed by atoms with E-state index in [2.05, 4.69) is 110 Å². The van der Waals surface area contributed by atoms with Gasteiger partial charge in [0.1, 0.15) is 16.9 Å². The van der Waals surface area contributed by atoms with Crippen LogP contribution >= 0.6 is 0 Å².